The molecule has 0 spiro atoms. The molecule has 4 aromatic rings. The fraction of sp³-hybridized carbons (Fsp3) is 0.231. The van der Waals surface area contributed by atoms with Crippen molar-refractivity contribution in [1.29, 1.82) is 0 Å². The first-order chi connectivity index (χ1) is 17.1. The smallest absolute Gasteiger partial charge is 0.171 e. The average Bonchev–Trinajstić information content (AvgIpc) is 3.59. The number of fused-ring (bicyclic) bond motifs is 5. The van der Waals surface area contributed by atoms with Crippen molar-refractivity contribution in [2.45, 2.75) is 33.5 Å². The SMILES string of the molecule is CC1=C2c3cccnc3C(=NCc3c(F)ccc4c3CCO4)n3cnnc3-c3cc(C)n(c32)CN1. The van der Waals surface area contributed by atoms with Crippen LogP contribution in [0, 0.1) is 12.7 Å². The third-order valence-electron chi connectivity index (χ3n) is 7.05. The molecular formula is C26H22FN7O. The molecule has 174 valence electrons. The van der Waals surface area contributed by atoms with E-state index in [0.29, 0.717) is 42.6 Å². The van der Waals surface area contributed by atoms with Crippen LogP contribution in [-0.4, -0.2) is 36.8 Å². The Morgan fingerprint density at radius 3 is 3.03 bits per heavy atom. The first-order valence-corrected chi connectivity index (χ1v) is 11.6. The molecule has 9 heteroatoms. The predicted octanol–water partition coefficient (Wildman–Crippen LogP) is 3.67. The summed E-state index contributed by atoms with van der Waals surface area (Å²) in [4.78, 5) is 9.71. The molecule has 3 aromatic heterocycles. The van der Waals surface area contributed by atoms with Gasteiger partial charge in [0.1, 0.15) is 23.6 Å². The minimum atomic E-state index is -0.278. The van der Waals surface area contributed by atoms with Crippen molar-refractivity contribution < 1.29 is 9.13 Å². The molecular weight excluding hydrogens is 445 g/mol. The van der Waals surface area contributed by atoms with Crippen molar-refractivity contribution in [3.05, 3.63) is 88.1 Å². The highest BCUT2D eigenvalue weighted by Gasteiger charge is 2.32. The van der Waals surface area contributed by atoms with Crippen LogP contribution < -0.4 is 10.1 Å². The first-order valence-electron chi connectivity index (χ1n) is 11.6. The molecule has 0 aliphatic carbocycles. The maximum atomic E-state index is 14.9. The van der Waals surface area contributed by atoms with Crippen LogP contribution in [0.15, 0.2) is 53.5 Å². The largest absolute Gasteiger partial charge is 0.493 e. The molecule has 3 aliphatic heterocycles. The number of hydrogen-bond acceptors (Lipinski definition) is 6. The maximum absolute atomic E-state index is 14.9. The van der Waals surface area contributed by atoms with Crippen molar-refractivity contribution in [2.24, 2.45) is 4.99 Å². The zero-order valence-electron chi connectivity index (χ0n) is 19.3. The van der Waals surface area contributed by atoms with Crippen LogP contribution in [0.2, 0.25) is 0 Å². The fourth-order valence-corrected chi connectivity index (χ4v) is 5.38. The van der Waals surface area contributed by atoms with E-state index >= 15 is 0 Å². The highest BCUT2D eigenvalue weighted by molar-refractivity contribution is 6.08. The van der Waals surface area contributed by atoms with E-state index in [0.717, 1.165) is 45.1 Å². The summed E-state index contributed by atoms with van der Waals surface area (Å²) < 4.78 is 24.7. The first kappa shape index (κ1) is 20.1. The Kier molecular flexibility index (Phi) is 4.24. The van der Waals surface area contributed by atoms with Crippen LogP contribution in [0.5, 0.6) is 5.75 Å². The molecule has 3 aliphatic rings. The van der Waals surface area contributed by atoms with Gasteiger partial charge in [0, 0.05) is 51.8 Å². The molecule has 0 bridgehead atoms. The molecule has 0 saturated heterocycles. The number of ether oxygens (including phenoxy) is 1. The van der Waals surface area contributed by atoms with Gasteiger partial charge in [-0.15, -0.1) is 10.2 Å². The molecule has 6 heterocycles. The van der Waals surface area contributed by atoms with Crippen LogP contribution in [0.1, 0.15) is 40.7 Å². The van der Waals surface area contributed by atoms with E-state index in [2.05, 4.69) is 46.1 Å². The summed E-state index contributed by atoms with van der Waals surface area (Å²) in [6.07, 6.45) is 4.09. The van der Waals surface area contributed by atoms with Crippen molar-refractivity contribution in [1.82, 2.24) is 29.6 Å². The molecule has 0 radical (unpaired) electrons. The molecule has 0 fully saturated rings. The number of benzene rings is 1. The number of nitrogens with one attached hydrogen (secondary N) is 1. The van der Waals surface area contributed by atoms with E-state index in [9.17, 15) is 4.39 Å². The van der Waals surface area contributed by atoms with Crippen LogP contribution in [0.4, 0.5) is 4.39 Å². The number of pyridine rings is 1. The summed E-state index contributed by atoms with van der Waals surface area (Å²) in [5.41, 5.74) is 8.41. The number of nitrogens with zero attached hydrogens (tertiary/aromatic N) is 6. The monoisotopic (exact) mass is 467 g/mol. The Morgan fingerprint density at radius 2 is 2.11 bits per heavy atom. The fourth-order valence-electron chi connectivity index (χ4n) is 5.38. The van der Waals surface area contributed by atoms with E-state index in [1.807, 2.05) is 10.6 Å². The second-order valence-corrected chi connectivity index (χ2v) is 8.98. The van der Waals surface area contributed by atoms with Gasteiger partial charge in [0.25, 0.3) is 0 Å². The molecule has 1 N–H and O–H groups in total. The Morgan fingerprint density at radius 1 is 1.20 bits per heavy atom. The van der Waals surface area contributed by atoms with Gasteiger partial charge in [-0.25, -0.2) is 4.39 Å². The minimum absolute atomic E-state index is 0.157. The van der Waals surface area contributed by atoms with Crippen molar-refractivity contribution >= 4 is 11.4 Å². The lowest BCUT2D eigenvalue weighted by Gasteiger charge is -2.28. The van der Waals surface area contributed by atoms with Gasteiger partial charge in [0.05, 0.1) is 25.5 Å². The van der Waals surface area contributed by atoms with E-state index in [1.54, 1.807) is 18.6 Å². The molecule has 0 saturated carbocycles. The Balaban J connectivity index is 1.50. The van der Waals surface area contributed by atoms with Crippen LogP contribution in [-0.2, 0) is 19.6 Å². The summed E-state index contributed by atoms with van der Waals surface area (Å²) in [5, 5.41) is 12.2. The van der Waals surface area contributed by atoms with Crippen molar-refractivity contribution in [3.8, 4) is 17.1 Å². The summed E-state index contributed by atoms with van der Waals surface area (Å²) in [5.74, 6) is 1.72. The Labute approximate surface area is 200 Å². The number of aryl methyl sites for hydroxylation is 1. The highest BCUT2D eigenvalue weighted by Crippen LogP contribution is 2.41. The number of allylic oxidation sites excluding steroid dienone is 1. The summed E-state index contributed by atoms with van der Waals surface area (Å²) >= 11 is 0. The second-order valence-electron chi connectivity index (χ2n) is 8.98. The third kappa shape index (κ3) is 2.84. The number of aromatic nitrogens is 5. The van der Waals surface area contributed by atoms with E-state index < -0.39 is 0 Å². The molecule has 35 heavy (non-hydrogen) atoms. The average molecular weight is 468 g/mol. The zero-order valence-corrected chi connectivity index (χ0v) is 19.3. The molecule has 0 unspecified atom stereocenters. The zero-order chi connectivity index (χ0) is 23.7. The number of halogens is 1. The standard InChI is InChI=1S/C26H22FN7O/c1-14-10-18-24-22(15(2)30-12-33(14)24)17-4-3-8-28-23(17)26(34-13-31-32-25(18)34)29-11-19-16-7-9-35-21(16)6-5-20(19)27/h3-6,8,10,13,30H,7,9,11-12H2,1-2H3. The normalized spacial score (nSPS) is 16.6. The Hall–Kier alpha value is -4.27. The lowest BCUT2D eigenvalue weighted by Crippen LogP contribution is -2.28. The van der Waals surface area contributed by atoms with Crippen LogP contribution >= 0.6 is 0 Å². The van der Waals surface area contributed by atoms with Gasteiger partial charge >= 0.3 is 0 Å². The van der Waals surface area contributed by atoms with E-state index in [4.69, 9.17) is 14.7 Å². The number of aliphatic imine (C=N–C) groups is 1. The van der Waals surface area contributed by atoms with Gasteiger partial charge < -0.3 is 14.6 Å². The lowest BCUT2D eigenvalue weighted by molar-refractivity contribution is 0.356. The van der Waals surface area contributed by atoms with Gasteiger partial charge in [-0.3, -0.25) is 14.5 Å². The van der Waals surface area contributed by atoms with Gasteiger partial charge in [-0.1, -0.05) is 6.07 Å². The molecule has 0 amide bonds. The maximum Gasteiger partial charge on any atom is 0.171 e. The summed E-state index contributed by atoms with van der Waals surface area (Å²) in [7, 11) is 0. The Bertz CT molecular complexity index is 1590. The van der Waals surface area contributed by atoms with Crippen LogP contribution in [0.3, 0.4) is 0 Å². The van der Waals surface area contributed by atoms with Gasteiger partial charge in [0.15, 0.2) is 11.7 Å². The highest BCUT2D eigenvalue weighted by atomic mass is 19.1. The topological polar surface area (TPSA) is 82.2 Å². The van der Waals surface area contributed by atoms with Gasteiger partial charge in [-0.05, 0) is 38.1 Å². The molecule has 8 nitrogen and oxygen atoms in total. The quantitative estimate of drug-likeness (QED) is 0.428. The van der Waals surface area contributed by atoms with Crippen molar-refractivity contribution in [2.75, 3.05) is 6.61 Å². The van der Waals surface area contributed by atoms with Gasteiger partial charge in [-0.2, -0.15) is 0 Å². The number of hydrogen-bond donors (Lipinski definition) is 1. The van der Waals surface area contributed by atoms with Gasteiger partial charge in [0.2, 0.25) is 0 Å². The molecule has 7 rings (SSSR count). The predicted molar refractivity (Wildman–Crippen MR) is 128 cm³/mol. The number of rotatable bonds is 2. The van der Waals surface area contributed by atoms with Crippen LogP contribution in [0.25, 0.3) is 17.0 Å². The third-order valence-corrected chi connectivity index (χ3v) is 7.05. The van der Waals surface area contributed by atoms with Crippen molar-refractivity contribution in [3.63, 3.8) is 0 Å². The molecule has 0 atom stereocenters. The summed E-state index contributed by atoms with van der Waals surface area (Å²) in [6, 6.07) is 9.27. The summed E-state index contributed by atoms with van der Waals surface area (Å²) in [6.45, 7) is 5.56. The second kappa shape index (κ2) is 7.36. The lowest BCUT2D eigenvalue weighted by atomic mass is 9.93. The van der Waals surface area contributed by atoms with E-state index in [-0.39, 0.29) is 12.4 Å². The minimum Gasteiger partial charge on any atom is -0.493 e. The molecule has 1 aromatic carbocycles. The van der Waals surface area contributed by atoms with E-state index in [1.165, 1.54) is 6.07 Å².